The Labute approximate surface area is 188 Å². The van der Waals surface area contributed by atoms with Crippen LogP contribution in [0.4, 0.5) is 11.4 Å². The van der Waals surface area contributed by atoms with E-state index >= 15 is 0 Å². The molecule has 2 aliphatic rings. The maximum atomic E-state index is 12.9. The molecule has 9 heteroatoms. The van der Waals surface area contributed by atoms with Crippen LogP contribution in [0.5, 0.6) is 0 Å². The molecular formula is C24H20N2O7. The number of carbonyl (C=O) groups excluding carboxylic acids is 4. The van der Waals surface area contributed by atoms with Crippen molar-refractivity contribution in [1.29, 1.82) is 0 Å². The fourth-order valence-electron chi connectivity index (χ4n) is 4.24. The highest BCUT2D eigenvalue weighted by Crippen LogP contribution is 2.40. The summed E-state index contributed by atoms with van der Waals surface area (Å²) in [4.78, 5) is 61.6. The van der Waals surface area contributed by atoms with Crippen LogP contribution < -0.4 is 4.90 Å². The van der Waals surface area contributed by atoms with Gasteiger partial charge in [0.2, 0.25) is 17.6 Å². The Morgan fingerprint density at radius 1 is 1.09 bits per heavy atom. The third kappa shape index (κ3) is 4.17. The van der Waals surface area contributed by atoms with Gasteiger partial charge in [-0.15, -0.1) is 0 Å². The summed E-state index contributed by atoms with van der Waals surface area (Å²) in [6, 6.07) is 11.0. The number of fused-ring (bicyclic) bond motifs is 1. The third-order valence-electron chi connectivity index (χ3n) is 5.95. The Balaban J connectivity index is 1.41. The SMILES string of the molecule is C[C@H]1C=CC[C@H]2C(=O)N(c3ccc(C(=O)OCC(=O)c4cccc([N+](=O)[O-])c4)cc3)C(=O)[C@H]12. The molecule has 33 heavy (non-hydrogen) atoms. The van der Waals surface area contributed by atoms with Gasteiger partial charge in [-0.2, -0.15) is 0 Å². The molecule has 0 radical (unpaired) electrons. The van der Waals surface area contributed by atoms with Crippen molar-refractivity contribution in [3.05, 3.63) is 81.9 Å². The maximum absolute atomic E-state index is 12.9. The number of Topliss-reactive ketones (excluding diaryl/α,β-unsaturated/α-hetero) is 1. The van der Waals surface area contributed by atoms with Gasteiger partial charge in [0.1, 0.15) is 0 Å². The minimum absolute atomic E-state index is 0.0250. The lowest BCUT2D eigenvalue weighted by Crippen LogP contribution is -2.31. The van der Waals surface area contributed by atoms with E-state index in [1.54, 1.807) is 0 Å². The van der Waals surface area contributed by atoms with Crippen LogP contribution in [0.3, 0.4) is 0 Å². The fourth-order valence-corrected chi connectivity index (χ4v) is 4.24. The lowest BCUT2D eigenvalue weighted by atomic mass is 9.78. The fraction of sp³-hybridized carbons (Fsp3) is 0.250. The molecule has 1 aliphatic heterocycles. The largest absolute Gasteiger partial charge is 0.454 e. The van der Waals surface area contributed by atoms with Gasteiger partial charge in [0.15, 0.2) is 6.61 Å². The standard InChI is InChI=1S/C24H20N2O7/c1-14-4-2-7-19-21(14)23(29)25(22(19)28)17-10-8-15(9-11-17)24(30)33-13-20(27)16-5-3-6-18(12-16)26(31)32/h2-6,8-12,14,19,21H,7,13H2,1H3/t14-,19+,21+/m0/s1. The summed E-state index contributed by atoms with van der Waals surface area (Å²) in [5.74, 6) is -2.64. The van der Waals surface area contributed by atoms with Crippen LogP contribution in [0, 0.1) is 27.9 Å². The predicted octanol–water partition coefficient (Wildman–Crippen LogP) is 3.34. The molecule has 4 rings (SSSR count). The zero-order valence-electron chi connectivity index (χ0n) is 17.7. The van der Waals surface area contributed by atoms with Gasteiger partial charge in [0, 0.05) is 17.7 Å². The quantitative estimate of drug-likeness (QED) is 0.166. The lowest BCUT2D eigenvalue weighted by molar-refractivity contribution is -0.384. The Hall–Kier alpha value is -4.14. The number of nitro benzene ring substituents is 1. The maximum Gasteiger partial charge on any atom is 0.338 e. The Kier molecular flexibility index (Phi) is 5.87. The van der Waals surface area contributed by atoms with Gasteiger partial charge >= 0.3 is 5.97 Å². The zero-order valence-corrected chi connectivity index (χ0v) is 17.7. The molecule has 2 aromatic rings. The number of imide groups is 1. The number of carbonyl (C=O) groups is 4. The van der Waals surface area contributed by atoms with Gasteiger partial charge in [-0.05, 0) is 36.6 Å². The average Bonchev–Trinajstić information content (AvgIpc) is 3.08. The second-order valence-corrected chi connectivity index (χ2v) is 8.02. The summed E-state index contributed by atoms with van der Waals surface area (Å²) in [5.41, 5.74) is 0.329. The molecule has 2 aromatic carbocycles. The number of esters is 1. The molecule has 0 spiro atoms. The van der Waals surface area contributed by atoms with Crippen molar-refractivity contribution in [1.82, 2.24) is 0 Å². The van der Waals surface area contributed by atoms with E-state index in [1.807, 2.05) is 19.1 Å². The number of ether oxygens (including phenoxy) is 1. The first-order valence-electron chi connectivity index (χ1n) is 10.4. The highest BCUT2D eigenvalue weighted by molar-refractivity contribution is 6.22. The van der Waals surface area contributed by atoms with Gasteiger partial charge < -0.3 is 4.74 Å². The zero-order chi connectivity index (χ0) is 23.7. The number of non-ortho nitro benzene ring substituents is 1. The van der Waals surface area contributed by atoms with E-state index in [9.17, 15) is 29.3 Å². The van der Waals surface area contributed by atoms with Crippen LogP contribution in [0.2, 0.25) is 0 Å². The highest BCUT2D eigenvalue weighted by atomic mass is 16.6. The minimum Gasteiger partial charge on any atom is -0.454 e. The number of hydrogen-bond donors (Lipinski definition) is 0. The molecule has 0 saturated carbocycles. The Morgan fingerprint density at radius 2 is 1.82 bits per heavy atom. The summed E-state index contributed by atoms with van der Waals surface area (Å²) in [6.07, 6.45) is 4.40. The number of nitro groups is 1. The number of benzene rings is 2. The molecular weight excluding hydrogens is 428 g/mol. The van der Waals surface area contributed by atoms with Crippen LogP contribution in [0.25, 0.3) is 0 Å². The molecule has 168 valence electrons. The van der Waals surface area contributed by atoms with Gasteiger partial charge in [0.25, 0.3) is 5.69 Å². The molecule has 2 amide bonds. The van der Waals surface area contributed by atoms with Gasteiger partial charge in [0.05, 0.1) is 28.0 Å². The van der Waals surface area contributed by atoms with E-state index in [0.29, 0.717) is 12.1 Å². The minimum atomic E-state index is -0.772. The summed E-state index contributed by atoms with van der Waals surface area (Å²) in [6.45, 7) is 1.33. The number of allylic oxidation sites excluding steroid dienone is 2. The van der Waals surface area contributed by atoms with Gasteiger partial charge in [-0.25, -0.2) is 4.79 Å². The molecule has 0 aromatic heterocycles. The molecule has 0 N–H and O–H groups in total. The number of rotatable bonds is 6. The van der Waals surface area contributed by atoms with Crippen molar-refractivity contribution in [3.8, 4) is 0 Å². The van der Waals surface area contributed by atoms with Crippen molar-refractivity contribution in [3.63, 3.8) is 0 Å². The normalized spacial score (nSPS) is 21.6. The monoisotopic (exact) mass is 448 g/mol. The van der Waals surface area contributed by atoms with E-state index in [1.165, 1.54) is 47.4 Å². The van der Waals surface area contributed by atoms with E-state index in [2.05, 4.69) is 0 Å². The van der Waals surface area contributed by atoms with Crippen LogP contribution in [0.15, 0.2) is 60.7 Å². The third-order valence-corrected chi connectivity index (χ3v) is 5.95. The highest BCUT2D eigenvalue weighted by Gasteiger charge is 2.50. The average molecular weight is 448 g/mol. The molecule has 1 heterocycles. The summed E-state index contributed by atoms with van der Waals surface area (Å²) in [7, 11) is 0. The van der Waals surface area contributed by atoms with Crippen molar-refractivity contribution in [2.45, 2.75) is 13.3 Å². The van der Waals surface area contributed by atoms with Crippen LogP contribution in [-0.2, 0) is 14.3 Å². The van der Waals surface area contributed by atoms with Gasteiger partial charge in [-0.1, -0.05) is 31.2 Å². The summed E-state index contributed by atoms with van der Waals surface area (Å²) >= 11 is 0. The number of ketones is 1. The van der Waals surface area contributed by atoms with E-state index in [-0.39, 0.29) is 46.4 Å². The van der Waals surface area contributed by atoms with Crippen LogP contribution >= 0.6 is 0 Å². The van der Waals surface area contributed by atoms with Crippen LogP contribution in [0.1, 0.15) is 34.1 Å². The van der Waals surface area contributed by atoms with Gasteiger partial charge in [-0.3, -0.25) is 29.4 Å². The number of amides is 2. The molecule has 0 unspecified atom stereocenters. The van der Waals surface area contributed by atoms with E-state index in [4.69, 9.17) is 4.74 Å². The Morgan fingerprint density at radius 3 is 2.48 bits per heavy atom. The summed E-state index contributed by atoms with van der Waals surface area (Å²) < 4.78 is 5.03. The lowest BCUT2D eigenvalue weighted by Gasteiger charge is -2.22. The van der Waals surface area contributed by atoms with Crippen molar-refractivity contribution >= 4 is 34.9 Å². The number of hydrogen-bond acceptors (Lipinski definition) is 7. The topological polar surface area (TPSA) is 124 Å². The molecule has 1 aliphatic carbocycles. The van der Waals surface area contributed by atoms with Crippen molar-refractivity contribution < 1.29 is 28.8 Å². The number of anilines is 1. The number of nitrogens with zero attached hydrogens (tertiary/aromatic N) is 2. The summed E-state index contributed by atoms with van der Waals surface area (Å²) in [5, 5.41) is 10.8. The second kappa shape index (κ2) is 8.78. The first kappa shape index (κ1) is 22.1. The molecule has 9 nitrogen and oxygen atoms in total. The molecule has 1 saturated heterocycles. The van der Waals surface area contributed by atoms with E-state index < -0.39 is 23.3 Å². The van der Waals surface area contributed by atoms with E-state index in [0.717, 1.165) is 6.07 Å². The van der Waals surface area contributed by atoms with Crippen LogP contribution in [-0.4, -0.2) is 35.1 Å². The molecule has 3 atom stereocenters. The first-order valence-corrected chi connectivity index (χ1v) is 10.4. The molecule has 0 bridgehead atoms. The van der Waals surface area contributed by atoms with Crippen molar-refractivity contribution in [2.75, 3.05) is 11.5 Å². The first-order chi connectivity index (χ1) is 15.8. The second-order valence-electron chi connectivity index (χ2n) is 8.02. The Bertz CT molecular complexity index is 1190. The van der Waals surface area contributed by atoms with Crippen molar-refractivity contribution in [2.24, 2.45) is 17.8 Å². The molecule has 1 fully saturated rings. The predicted molar refractivity (Wildman–Crippen MR) is 117 cm³/mol. The smallest absolute Gasteiger partial charge is 0.338 e.